The van der Waals surface area contributed by atoms with Gasteiger partial charge in [-0.25, -0.2) is 4.79 Å². The van der Waals surface area contributed by atoms with Gasteiger partial charge in [0.2, 0.25) is 0 Å². The summed E-state index contributed by atoms with van der Waals surface area (Å²) in [5.41, 5.74) is 1.44. The number of ether oxygens (including phenoxy) is 1. The molecule has 0 amide bonds. The fourth-order valence-corrected chi connectivity index (χ4v) is 1.68. The molecule has 1 aliphatic rings. The minimum atomic E-state index is -0.800. The average molecular weight is 228 g/mol. The molecule has 7 heteroatoms. The second-order valence-electron chi connectivity index (χ2n) is 3.62. The van der Waals surface area contributed by atoms with E-state index in [4.69, 9.17) is 11.3 Å². The van der Waals surface area contributed by atoms with E-state index in [1.807, 2.05) is 5.73 Å². The maximum absolute atomic E-state index is 11.6. The number of rotatable bonds is 3. The lowest BCUT2D eigenvalue weighted by Gasteiger charge is -2.13. The van der Waals surface area contributed by atoms with E-state index in [-0.39, 0.29) is 18.8 Å². The zero-order valence-corrected chi connectivity index (χ0v) is 8.41. The van der Waals surface area contributed by atoms with Crippen LogP contribution in [0.2, 0.25) is 1.41 Å². The van der Waals surface area contributed by atoms with Crippen LogP contribution in [0.1, 0.15) is 12.6 Å². The maximum Gasteiger partial charge on any atom is 0.351 e. The van der Waals surface area contributed by atoms with Crippen molar-refractivity contribution in [2.75, 3.05) is 12.3 Å². The Bertz CT molecular complexity index is 452. The Labute approximate surface area is 92.6 Å². The molecule has 2 heterocycles. The SMILES string of the molecule is [2H]Nc1ccn([C@H]2C[C@H](O)[C@@H](CO)O2)c(=O)n1. The average Bonchev–Trinajstić information content (AvgIpc) is 2.70. The van der Waals surface area contributed by atoms with E-state index >= 15 is 0 Å². The highest BCUT2D eigenvalue weighted by Crippen LogP contribution is 2.27. The van der Waals surface area contributed by atoms with Crippen molar-refractivity contribution in [2.24, 2.45) is 0 Å². The van der Waals surface area contributed by atoms with Crippen molar-refractivity contribution in [1.82, 2.24) is 9.55 Å². The number of nitrogens with zero attached hydrogens (tertiary/aromatic N) is 2. The van der Waals surface area contributed by atoms with E-state index in [0.717, 1.165) is 0 Å². The molecular formula is C9H13N3O4. The smallest absolute Gasteiger partial charge is 0.351 e. The molecule has 1 aromatic rings. The molecule has 0 spiro atoms. The number of aliphatic hydroxyl groups excluding tert-OH is 2. The van der Waals surface area contributed by atoms with Crippen LogP contribution in [0.25, 0.3) is 0 Å². The first-order valence-corrected chi connectivity index (χ1v) is 4.87. The minimum absolute atomic E-state index is 0.142. The Morgan fingerprint density at radius 1 is 1.81 bits per heavy atom. The molecule has 2 rings (SSSR count). The molecular weight excluding hydrogens is 214 g/mol. The van der Waals surface area contributed by atoms with Gasteiger partial charge >= 0.3 is 5.69 Å². The van der Waals surface area contributed by atoms with E-state index in [9.17, 15) is 9.90 Å². The Kier molecular flexibility index (Phi) is 2.56. The topological polar surface area (TPSA) is 111 Å². The summed E-state index contributed by atoms with van der Waals surface area (Å²) >= 11 is 0. The summed E-state index contributed by atoms with van der Waals surface area (Å²) in [6.07, 6.45) is -0.460. The quantitative estimate of drug-likeness (QED) is 0.578. The van der Waals surface area contributed by atoms with Gasteiger partial charge in [-0.3, -0.25) is 4.57 Å². The third-order valence-electron chi connectivity index (χ3n) is 2.52. The lowest BCUT2D eigenvalue weighted by atomic mass is 10.2. The van der Waals surface area contributed by atoms with E-state index in [1.54, 1.807) is 0 Å². The Hall–Kier alpha value is -1.44. The zero-order chi connectivity index (χ0) is 12.4. The molecule has 1 aliphatic heterocycles. The third-order valence-corrected chi connectivity index (χ3v) is 2.52. The molecule has 7 nitrogen and oxygen atoms in total. The monoisotopic (exact) mass is 228 g/mol. The summed E-state index contributed by atoms with van der Waals surface area (Å²) in [5.74, 6) is 0.142. The normalized spacial score (nSPS) is 30.1. The third kappa shape index (κ3) is 1.92. The molecule has 1 fully saturated rings. The number of anilines is 1. The van der Waals surface area contributed by atoms with Crippen LogP contribution in [0.5, 0.6) is 0 Å². The molecule has 0 unspecified atom stereocenters. The van der Waals surface area contributed by atoms with Gasteiger partial charge in [-0.1, -0.05) is 0 Å². The minimum Gasteiger partial charge on any atom is -0.394 e. The number of nitrogens with two attached hydrogens (primary N) is 1. The van der Waals surface area contributed by atoms with Gasteiger partial charge < -0.3 is 20.7 Å². The molecule has 1 saturated heterocycles. The van der Waals surface area contributed by atoms with E-state index < -0.39 is 24.1 Å². The fourth-order valence-electron chi connectivity index (χ4n) is 1.68. The van der Waals surface area contributed by atoms with Gasteiger partial charge in [0.1, 0.15) is 18.1 Å². The van der Waals surface area contributed by atoms with Crippen LogP contribution in [0, 0.1) is 0 Å². The van der Waals surface area contributed by atoms with Gasteiger partial charge in [0.25, 0.3) is 0 Å². The van der Waals surface area contributed by atoms with Crippen LogP contribution in [0.15, 0.2) is 17.1 Å². The molecule has 0 aliphatic carbocycles. The lowest BCUT2D eigenvalue weighted by molar-refractivity contribution is -0.0458. The number of aromatic nitrogens is 2. The summed E-state index contributed by atoms with van der Waals surface area (Å²) in [6, 6.07) is 1.45. The molecule has 0 saturated carbocycles. The summed E-state index contributed by atoms with van der Waals surface area (Å²) in [4.78, 5) is 15.2. The van der Waals surface area contributed by atoms with Crippen molar-refractivity contribution >= 4 is 5.82 Å². The standard InChI is InChI=1S/C9H13N3O4/c10-7-1-2-12(9(15)11-7)8-3-5(14)6(4-13)16-8/h1-2,5-6,8,13-14H,3-4H2,(H2,10,11,15)/t5-,6+,8+/m0/s1/i/hD. The van der Waals surface area contributed by atoms with Crippen molar-refractivity contribution in [1.29, 1.82) is 0 Å². The van der Waals surface area contributed by atoms with Crippen LogP contribution in [-0.4, -0.2) is 38.6 Å². The van der Waals surface area contributed by atoms with Gasteiger partial charge in [0.15, 0.2) is 1.41 Å². The fraction of sp³-hybridized carbons (Fsp3) is 0.556. The highest BCUT2D eigenvalue weighted by atomic mass is 16.5. The number of aliphatic hydroxyl groups is 2. The second kappa shape index (κ2) is 4.20. The van der Waals surface area contributed by atoms with Gasteiger partial charge in [0, 0.05) is 12.6 Å². The van der Waals surface area contributed by atoms with Crippen LogP contribution >= 0.6 is 0 Å². The summed E-state index contributed by atoms with van der Waals surface area (Å²) in [6.45, 7) is -0.299. The second-order valence-corrected chi connectivity index (χ2v) is 3.62. The van der Waals surface area contributed by atoms with Crippen LogP contribution < -0.4 is 11.4 Å². The van der Waals surface area contributed by atoms with E-state index in [1.165, 1.54) is 16.8 Å². The molecule has 0 aromatic carbocycles. The molecule has 0 radical (unpaired) electrons. The van der Waals surface area contributed by atoms with Crippen LogP contribution in [-0.2, 0) is 4.74 Å². The van der Waals surface area contributed by atoms with Crippen molar-refractivity contribution in [2.45, 2.75) is 24.9 Å². The summed E-state index contributed by atoms with van der Waals surface area (Å²) < 4.78 is 13.4. The predicted molar refractivity (Wildman–Crippen MR) is 54.5 cm³/mol. The van der Waals surface area contributed by atoms with Crippen molar-refractivity contribution < 1.29 is 16.4 Å². The highest BCUT2D eigenvalue weighted by molar-refractivity contribution is 5.23. The molecule has 88 valence electrons. The Morgan fingerprint density at radius 3 is 3.19 bits per heavy atom. The number of hydrogen-bond acceptors (Lipinski definition) is 6. The summed E-state index contributed by atoms with van der Waals surface area (Å²) in [5, 5.41) is 18.5. The van der Waals surface area contributed by atoms with Crippen LogP contribution in [0.3, 0.4) is 0 Å². The summed E-state index contributed by atoms with van der Waals surface area (Å²) in [7, 11) is 0. The lowest BCUT2D eigenvalue weighted by Crippen LogP contribution is -2.27. The predicted octanol–water partition coefficient (Wildman–Crippen LogP) is -1.53. The molecule has 16 heavy (non-hydrogen) atoms. The van der Waals surface area contributed by atoms with Gasteiger partial charge in [0.05, 0.1) is 12.7 Å². The van der Waals surface area contributed by atoms with Crippen molar-refractivity contribution in [3.05, 3.63) is 22.7 Å². The van der Waals surface area contributed by atoms with Gasteiger partial charge in [-0.05, 0) is 6.07 Å². The number of nitrogen functional groups attached to an aromatic ring is 1. The first-order chi connectivity index (χ1) is 8.15. The number of hydrogen-bond donors (Lipinski definition) is 3. The largest absolute Gasteiger partial charge is 0.394 e. The van der Waals surface area contributed by atoms with E-state index in [2.05, 4.69) is 4.98 Å². The highest BCUT2D eigenvalue weighted by Gasteiger charge is 2.34. The molecule has 0 bridgehead atoms. The first kappa shape index (κ1) is 9.76. The van der Waals surface area contributed by atoms with Crippen LogP contribution in [0.4, 0.5) is 5.82 Å². The maximum atomic E-state index is 11.6. The Balaban J connectivity index is 2.22. The van der Waals surface area contributed by atoms with E-state index in [0.29, 0.717) is 0 Å². The molecule has 4 N–H and O–H groups in total. The van der Waals surface area contributed by atoms with Gasteiger partial charge in [-0.2, -0.15) is 4.98 Å². The molecule has 1 aromatic heterocycles. The molecule has 3 atom stereocenters. The first-order valence-electron chi connectivity index (χ1n) is 5.37. The van der Waals surface area contributed by atoms with Crippen molar-refractivity contribution in [3.63, 3.8) is 0 Å². The van der Waals surface area contributed by atoms with Crippen molar-refractivity contribution in [3.8, 4) is 0 Å². The van der Waals surface area contributed by atoms with Gasteiger partial charge in [-0.15, -0.1) is 0 Å². The zero-order valence-electron chi connectivity index (χ0n) is 9.41. The Morgan fingerprint density at radius 2 is 2.62 bits per heavy atom.